The van der Waals surface area contributed by atoms with Crippen LogP contribution in [0.3, 0.4) is 0 Å². The van der Waals surface area contributed by atoms with Gasteiger partial charge in [0.15, 0.2) is 5.82 Å². The molecule has 0 bridgehead atoms. The topological polar surface area (TPSA) is 101 Å². The number of carbonyl (C=O) groups is 1. The van der Waals surface area contributed by atoms with Crippen LogP contribution in [0.4, 0.5) is 28.9 Å². The molecule has 38 heavy (non-hydrogen) atoms. The number of benzene rings is 2. The van der Waals surface area contributed by atoms with Crippen LogP contribution in [0.5, 0.6) is 0 Å². The largest absolute Gasteiger partial charge is 0.419 e. The van der Waals surface area contributed by atoms with E-state index in [1.165, 1.54) is 15.6 Å². The summed E-state index contributed by atoms with van der Waals surface area (Å²) in [5, 5.41) is 17.6. The number of hydrogen-bond acceptors (Lipinski definition) is 6. The third kappa shape index (κ3) is 4.96. The summed E-state index contributed by atoms with van der Waals surface area (Å²) in [6.07, 6.45) is -1.63. The lowest BCUT2D eigenvalue weighted by Gasteiger charge is -2.30. The second-order valence-electron chi connectivity index (χ2n) is 8.87. The van der Waals surface area contributed by atoms with Crippen LogP contribution in [0.2, 0.25) is 0 Å². The average molecular weight is 529 g/mol. The fourth-order valence-electron chi connectivity index (χ4n) is 4.24. The monoisotopic (exact) mass is 529 g/mol. The molecule has 4 aromatic rings. The molecule has 2 N–H and O–H groups in total. The first-order valence-corrected chi connectivity index (χ1v) is 11.7. The molecule has 0 spiro atoms. The average Bonchev–Trinajstić information content (AvgIpc) is 3.54. The van der Waals surface area contributed by atoms with Crippen LogP contribution in [-0.2, 0) is 10.9 Å². The third-order valence-corrected chi connectivity index (χ3v) is 6.29. The Bertz CT molecular complexity index is 1490. The maximum Gasteiger partial charge on any atom is 0.419 e. The van der Waals surface area contributed by atoms with E-state index in [1.807, 2.05) is 13.8 Å². The standard InChI is InChI=1S/C25H23F4N7O2/c1-14-3-4-16(9-21(14)36-13-20(33-34-36)18-12-30-32-15(18)2)24(37)31-17-10-19(25(27,28)29)23(26)22(11-17)35-5-7-38-8-6-35/h3-4,9-13H,5-8H2,1-2H3,(H,30,32)(H,31,37). The van der Waals surface area contributed by atoms with E-state index in [9.17, 15) is 22.4 Å². The first-order valence-electron chi connectivity index (χ1n) is 11.7. The van der Waals surface area contributed by atoms with Crippen molar-refractivity contribution in [2.24, 2.45) is 0 Å². The van der Waals surface area contributed by atoms with Gasteiger partial charge in [-0.05, 0) is 43.7 Å². The van der Waals surface area contributed by atoms with E-state index >= 15 is 0 Å². The molecule has 9 nitrogen and oxygen atoms in total. The summed E-state index contributed by atoms with van der Waals surface area (Å²) < 4.78 is 62.5. The molecular formula is C25H23F4N7O2. The molecule has 1 aliphatic heterocycles. The number of aryl methyl sites for hydroxylation is 2. The highest BCUT2D eigenvalue weighted by molar-refractivity contribution is 6.05. The number of H-pyrrole nitrogens is 1. The van der Waals surface area contributed by atoms with Crippen molar-refractivity contribution >= 4 is 17.3 Å². The third-order valence-electron chi connectivity index (χ3n) is 6.29. The molecule has 0 radical (unpaired) electrons. The van der Waals surface area contributed by atoms with Crippen molar-refractivity contribution in [1.29, 1.82) is 0 Å². The van der Waals surface area contributed by atoms with Crippen LogP contribution in [0, 0.1) is 19.7 Å². The van der Waals surface area contributed by atoms with E-state index in [2.05, 4.69) is 25.8 Å². The van der Waals surface area contributed by atoms with Gasteiger partial charge >= 0.3 is 6.18 Å². The zero-order valence-electron chi connectivity index (χ0n) is 20.4. The highest BCUT2D eigenvalue weighted by Gasteiger charge is 2.37. The Balaban J connectivity index is 1.45. The second kappa shape index (κ2) is 9.89. The summed E-state index contributed by atoms with van der Waals surface area (Å²) in [6, 6.07) is 6.61. The molecule has 0 aliphatic carbocycles. The van der Waals surface area contributed by atoms with Crippen molar-refractivity contribution in [3.63, 3.8) is 0 Å². The fourth-order valence-corrected chi connectivity index (χ4v) is 4.24. The van der Waals surface area contributed by atoms with E-state index in [-0.39, 0.29) is 43.2 Å². The number of aromatic nitrogens is 5. The predicted octanol–water partition coefficient (Wildman–Crippen LogP) is 4.52. The van der Waals surface area contributed by atoms with Crippen molar-refractivity contribution in [2.45, 2.75) is 20.0 Å². The molecule has 0 unspecified atom stereocenters. The van der Waals surface area contributed by atoms with Gasteiger partial charge in [0.05, 0.1) is 42.5 Å². The van der Waals surface area contributed by atoms with Crippen LogP contribution in [0.1, 0.15) is 27.2 Å². The van der Waals surface area contributed by atoms with E-state index in [0.29, 0.717) is 17.4 Å². The molecule has 0 atom stereocenters. The van der Waals surface area contributed by atoms with E-state index in [4.69, 9.17) is 4.74 Å². The molecule has 13 heteroatoms. The number of carbonyl (C=O) groups excluding carboxylic acids is 1. The van der Waals surface area contributed by atoms with Crippen LogP contribution in [0.25, 0.3) is 16.9 Å². The zero-order chi connectivity index (χ0) is 27.0. The van der Waals surface area contributed by atoms with Crippen molar-refractivity contribution in [2.75, 3.05) is 36.5 Å². The fraction of sp³-hybridized carbons (Fsp3) is 0.280. The molecule has 1 fully saturated rings. The van der Waals surface area contributed by atoms with Crippen molar-refractivity contribution < 1.29 is 27.1 Å². The Kier molecular flexibility index (Phi) is 6.61. The minimum absolute atomic E-state index is 0.174. The highest BCUT2D eigenvalue weighted by atomic mass is 19.4. The summed E-state index contributed by atoms with van der Waals surface area (Å²) in [7, 11) is 0. The molecule has 1 amide bonds. The molecular weight excluding hydrogens is 506 g/mol. The van der Waals surface area contributed by atoms with Gasteiger partial charge in [0.2, 0.25) is 0 Å². The lowest BCUT2D eigenvalue weighted by Crippen LogP contribution is -2.37. The van der Waals surface area contributed by atoms with Crippen LogP contribution < -0.4 is 10.2 Å². The number of alkyl halides is 3. The van der Waals surface area contributed by atoms with Gasteiger partial charge in [0.25, 0.3) is 5.91 Å². The smallest absolute Gasteiger partial charge is 0.378 e. The zero-order valence-corrected chi connectivity index (χ0v) is 20.4. The van der Waals surface area contributed by atoms with E-state index in [1.54, 1.807) is 30.6 Å². The minimum atomic E-state index is -4.94. The number of aromatic amines is 1. The van der Waals surface area contributed by atoms with Gasteiger partial charge in [-0.25, -0.2) is 9.07 Å². The number of anilines is 2. The van der Waals surface area contributed by atoms with Crippen molar-refractivity contribution in [3.05, 3.63) is 70.9 Å². The van der Waals surface area contributed by atoms with Crippen LogP contribution in [-0.4, -0.2) is 57.4 Å². The van der Waals surface area contributed by atoms with Gasteiger partial charge in [-0.1, -0.05) is 11.3 Å². The van der Waals surface area contributed by atoms with Gasteiger partial charge in [-0.15, -0.1) is 5.10 Å². The lowest BCUT2D eigenvalue weighted by molar-refractivity contribution is -0.139. The minimum Gasteiger partial charge on any atom is -0.378 e. The molecule has 1 saturated heterocycles. The summed E-state index contributed by atoms with van der Waals surface area (Å²) >= 11 is 0. The van der Waals surface area contributed by atoms with Gasteiger partial charge in [0, 0.05) is 35.6 Å². The molecule has 198 valence electrons. The van der Waals surface area contributed by atoms with Gasteiger partial charge in [0.1, 0.15) is 5.69 Å². The normalized spacial score (nSPS) is 14.1. The molecule has 1 aliphatic rings. The molecule has 3 heterocycles. The first kappa shape index (κ1) is 25.4. The highest BCUT2D eigenvalue weighted by Crippen LogP contribution is 2.38. The second-order valence-corrected chi connectivity index (χ2v) is 8.87. The SMILES string of the molecule is Cc1ccc(C(=O)Nc2cc(N3CCOCC3)c(F)c(C(F)(F)F)c2)cc1-n1cc(-c2cn[nH]c2C)nn1. The Morgan fingerprint density at radius 2 is 1.87 bits per heavy atom. The maximum atomic E-state index is 14.9. The number of rotatable bonds is 5. The molecule has 2 aromatic carbocycles. The number of morpholine rings is 1. The lowest BCUT2D eigenvalue weighted by atomic mass is 10.1. The summed E-state index contributed by atoms with van der Waals surface area (Å²) in [5.41, 5.74) is 1.82. The van der Waals surface area contributed by atoms with Crippen molar-refractivity contribution in [3.8, 4) is 16.9 Å². The van der Waals surface area contributed by atoms with Gasteiger partial charge < -0.3 is 15.0 Å². The van der Waals surface area contributed by atoms with Crippen molar-refractivity contribution in [1.82, 2.24) is 25.2 Å². The molecule has 2 aromatic heterocycles. The van der Waals surface area contributed by atoms with Crippen LogP contribution in [0.15, 0.2) is 42.7 Å². The Morgan fingerprint density at radius 3 is 2.55 bits per heavy atom. The number of nitrogens with zero attached hydrogens (tertiary/aromatic N) is 5. The summed E-state index contributed by atoms with van der Waals surface area (Å²) in [4.78, 5) is 14.6. The van der Waals surface area contributed by atoms with E-state index in [0.717, 1.165) is 16.8 Å². The first-order chi connectivity index (χ1) is 18.1. The number of nitrogens with one attached hydrogen (secondary N) is 2. The van der Waals surface area contributed by atoms with Crippen LogP contribution >= 0.6 is 0 Å². The predicted molar refractivity (Wildman–Crippen MR) is 131 cm³/mol. The number of ether oxygens (including phenoxy) is 1. The van der Waals surface area contributed by atoms with E-state index < -0.39 is 23.5 Å². The number of halogens is 4. The van der Waals surface area contributed by atoms with Gasteiger partial charge in [-0.2, -0.15) is 18.3 Å². The Labute approximate surface area is 214 Å². The number of hydrogen-bond donors (Lipinski definition) is 2. The van der Waals surface area contributed by atoms with Gasteiger partial charge in [-0.3, -0.25) is 9.89 Å². The maximum absolute atomic E-state index is 14.9. The quantitative estimate of drug-likeness (QED) is 0.369. The molecule has 5 rings (SSSR count). The Hall–Kier alpha value is -4.26. The molecule has 0 saturated carbocycles. The Morgan fingerprint density at radius 1 is 1.11 bits per heavy atom. The summed E-state index contributed by atoms with van der Waals surface area (Å²) in [5.74, 6) is -2.05. The summed E-state index contributed by atoms with van der Waals surface area (Å²) in [6.45, 7) is 4.64. The number of amides is 1.